The number of nitrogens with zero attached hydrogens (tertiary/aromatic N) is 3. The number of rotatable bonds is 4. The third kappa shape index (κ3) is 3.93. The predicted molar refractivity (Wildman–Crippen MR) is 108 cm³/mol. The van der Waals surface area contributed by atoms with Crippen LogP contribution >= 0.6 is 11.6 Å². The third-order valence-corrected chi connectivity index (χ3v) is 4.40. The number of hydrogen-bond acceptors (Lipinski definition) is 3. The van der Waals surface area contributed by atoms with Gasteiger partial charge in [0.05, 0.1) is 5.69 Å². The summed E-state index contributed by atoms with van der Waals surface area (Å²) in [6, 6.07) is 17.6. The average molecular weight is 382 g/mol. The highest BCUT2D eigenvalue weighted by molar-refractivity contribution is 6.30. The number of hydrogen-bond donors (Lipinski definition) is 0. The Kier molecular flexibility index (Phi) is 5.42. The van der Waals surface area contributed by atoms with Crippen LogP contribution < -0.4 is 10.3 Å². The van der Waals surface area contributed by atoms with Crippen LogP contribution in [0.25, 0.3) is 5.69 Å². The van der Waals surface area contributed by atoms with Gasteiger partial charge in [-0.1, -0.05) is 29.8 Å². The summed E-state index contributed by atoms with van der Waals surface area (Å²) in [5, 5.41) is 4.95. The number of aromatic nitrogens is 2. The summed E-state index contributed by atoms with van der Waals surface area (Å²) in [5.74, 6) is -0.443. The number of carbonyl (C=O) groups is 1. The van der Waals surface area contributed by atoms with Gasteiger partial charge in [0.1, 0.15) is 0 Å². The Morgan fingerprint density at radius 3 is 2.30 bits per heavy atom. The van der Waals surface area contributed by atoms with E-state index in [-0.39, 0.29) is 11.7 Å². The second-order valence-electron chi connectivity index (χ2n) is 6.49. The fourth-order valence-electron chi connectivity index (χ4n) is 2.89. The molecule has 2 aromatic carbocycles. The second-order valence-corrected chi connectivity index (χ2v) is 6.93. The first-order chi connectivity index (χ1) is 12.9. The van der Waals surface area contributed by atoms with Crippen LogP contribution in [0.1, 0.15) is 30.0 Å². The molecule has 0 atom stereocenters. The standard InChI is InChI=1S/C21H20ClN3O2/c1-14(2)24(17-11-9-16(22)10-12-17)21(27)20-19(26)13-15(3)25(23-20)18-7-5-4-6-8-18/h4-14H,1-3H3. The fraction of sp³-hybridized carbons (Fsp3) is 0.190. The van der Waals surface area contributed by atoms with Crippen LogP contribution in [0.15, 0.2) is 65.5 Å². The summed E-state index contributed by atoms with van der Waals surface area (Å²) >= 11 is 5.95. The highest BCUT2D eigenvalue weighted by Crippen LogP contribution is 2.21. The minimum Gasteiger partial charge on any atom is -0.304 e. The van der Waals surface area contributed by atoms with Gasteiger partial charge in [-0.3, -0.25) is 9.59 Å². The van der Waals surface area contributed by atoms with Crippen LogP contribution in [0.2, 0.25) is 5.02 Å². The van der Waals surface area contributed by atoms with Crippen molar-refractivity contribution >= 4 is 23.2 Å². The molecular formula is C21H20ClN3O2. The minimum atomic E-state index is -0.443. The number of benzene rings is 2. The molecule has 6 heteroatoms. The molecule has 0 unspecified atom stereocenters. The molecule has 0 saturated carbocycles. The molecule has 0 spiro atoms. The molecule has 138 valence electrons. The highest BCUT2D eigenvalue weighted by Gasteiger charge is 2.25. The molecule has 0 N–H and O–H groups in total. The number of anilines is 1. The predicted octanol–water partition coefficient (Wildman–Crippen LogP) is 4.25. The molecule has 0 saturated heterocycles. The maximum Gasteiger partial charge on any atom is 0.283 e. The lowest BCUT2D eigenvalue weighted by molar-refractivity contribution is 0.0972. The molecule has 1 heterocycles. The lowest BCUT2D eigenvalue weighted by Gasteiger charge is -2.26. The third-order valence-electron chi connectivity index (χ3n) is 4.15. The molecular weight excluding hydrogens is 362 g/mol. The molecule has 0 aliphatic heterocycles. The van der Waals surface area contributed by atoms with Gasteiger partial charge in [0, 0.05) is 28.5 Å². The number of amides is 1. The number of aryl methyl sites for hydroxylation is 1. The summed E-state index contributed by atoms with van der Waals surface area (Å²) in [6.45, 7) is 5.56. The van der Waals surface area contributed by atoms with Crippen LogP contribution in [0.4, 0.5) is 5.69 Å². The summed E-state index contributed by atoms with van der Waals surface area (Å²) in [7, 11) is 0. The maximum atomic E-state index is 13.2. The molecule has 0 fully saturated rings. The van der Waals surface area contributed by atoms with Gasteiger partial charge >= 0.3 is 0 Å². The first-order valence-corrected chi connectivity index (χ1v) is 9.02. The molecule has 0 aliphatic rings. The van der Waals surface area contributed by atoms with Crippen LogP contribution in [0.5, 0.6) is 0 Å². The quantitative estimate of drug-likeness (QED) is 0.678. The van der Waals surface area contributed by atoms with E-state index < -0.39 is 11.3 Å². The monoisotopic (exact) mass is 381 g/mol. The van der Waals surface area contributed by atoms with E-state index in [4.69, 9.17) is 11.6 Å². The van der Waals surface area contributed by atoms with E-state index in [9.17, 15) is 9.59 Å². The summed E-state index contributed by atoms with van der Waals surface area (Å²) < 4.78 is 1.61. The van der Waals surface area contributed by atoms with Crippen LogP contribution in [0, 0.1) is 6.92 Å². The molecule has 0 radical (unpaired) electrons. The Balaban J connectivity index is 2.09. The fourth-order valence-corrected chi connectivity index (χ4v) is 3.02. The van der Waals surface area contributed by atoms with E-state index in [1.165, 1.54) is 6.07 Å². The molecule has 1 amide bonds. The Morgan fingerprint density at radius 2 is 1.70 bits per heavy atom. The summed E-state index contributed by atoms with van der Waals surface area (Å²) in [6.07, 6.45) is 0. The van der Waals surface area contributed by atoms with Crippen molar-refractivity contribution in [3.63, 3.8) is 0 Å². The van der Waals surface area contributed by atoms with E-state index in [2.05, 4.69) is 5.10 Å². The zero-order valence-electron chi connectivity index (χ0n) is 15.4. The van der Waals surface area contributed by atoms with E-state index in [0.717, 1.165) is 5.69 Å². The Hall–Kier alpha value is -2.92. The minimum absolute atomic E-state index is 0.117. The average Bonchev–Trinajstić information content (AvgIpc) is 2.64. The maximum absolute atomic E-state index is 13.2. The van der Waals surface area contributed by atoms with Crippen molar-refractivity contribution in [1.82, 2.24) is 9.78 Å². The Morgan fingerprint density at radius 1 is 1.07 bits per heavy atom. The van der Waals surface area contributed by atoms with Crippen LogP contribution in [-0.2, 0) is 0 Å². The first kappa shape index (κ1) is 18.9. The molecule has 5 nitrogen and oxygen atoms in total. The van der Waals surface area contributed by atoms with Gasteiger partial charge in [-0.25, -0.2) is 4.68 Å². The van der Waals surface area contributed by atoms with Crippen molar-refractivity contribution < 1.29 is 4.79 Å². The van der Waals surface area contributed by atoms with Crippen molar-refractivity contribution in [2.45, 2.75) is 26.8 Å². The lowest BCUT2D eigenvalue weighted by Crippen LogP contribution is -2.40. The van der Waals surface area contributed by atoms with E-state index >= 15 is 0 Å². The van der Waals surface area contributed by atoms with Crippen LogP contribution in [-0.4, -0.2) is 21.7 Å². The summed E-state index contributed by atoms with van der Waals surface area (Å²) in [5.41, 5.74) is 1.59. The molecule has 1 aromatic heterocycles. The molecule has 0 bridgehead atoms. The molecule has 3 aromatic rings. The van der Waals surface area contributed by atoms with Crippen LogP contribution in [0.3, 0.4) is 0 Å². The molecule has 0 aliphatic carbocycles. The van der Waals surface area contributed by atoms with E-state index in [0.29, 0.717) is 16.4 Å². The molecule has 27 heavy (non-hydrogen) atoms. The van der Waals surface area contributed by atoms with E-state index in [1.807, 2.05) is 44.2 Å². The first-order valence-electron chi connectivity index (χ1n) is 8.64. The van der Waals surface area contributed by atoms with Gasteiger partial charge in [-0.2, -0.15) is 5.10 Å². The summed E-state index contributed by atoms with van der Waals surface area (Å²) in [4.78, 5) is 27.3. The van der Waals surface area contributed by atoms with Gasteiger partial charge in [-0.15, -0.1) is 0 Å². The number of para-hydroxylation sites is 1. The van der Waals surface area contributed by atoms with Gasteiger partial charge in [0.2, 0.25) is 5.43 Å². The normalized spacial score (nSPS) is 10.9. The van der Waals surface area contributed by atoms with Crippen molar-refractivity contribution in [3.05, 3.63) is 87.3 Å². The van der Waals surface area contributed by atoms with Gasteiger partial charge < -0.3 is 4.90 Å². The Labute approximate surface area is 162 Å². The number of halogens is 1. The molecule has 3 rings (SSSR count). The van der Waals surface area contributed by atoms with Crippen molar-refractivity contribution in [3.8, 4) is 5.69 Å². The second kappa shape index (κ2) is 7.76. The lowest BCUT2D eigenvalue weighted by atomic mass is 10.2. The topological polar surface area (TPSA) is 55.2 Å². The van der Waals surface area contributed by atoms with Crippen molar-refractivity contribution in [2.75, 3.05) is 4.90 Å². The SMILES string of the molecule is Cc1cc(=O)c(C(=O)N(c2ccc(Cl)cc2)C(C)C)nn1-c1ccccc1. The zero-order valence-corrected chi connectivity index (χ0v) is 16.1. The van der Waals surface area contributed by atoms with E-state index in [1.54, 1.807) is 40.8 Å². The Bertz CT molecular complexity index is 1010. The highest BCUT2D eigenvalue weighted by atomic mass is 35.5. The number of carbonyl (C=O) groups excluding carboxylic acids is 1. The van der Waals surface area contributed by atoms with Crippen molar-refractivity contribution in [2.24, 2.45) is 0 Å². The van der Waals surface area contributed by atoms with Gasteiger partial charge in [0.25, 0.3) is 5.91 Å². The largest absolute Gasteiger partial charge is 0.304 e. The van der Waals surface area contributed by atoms with Gasteiger partial charge in [0.15, 0.2) is 5.69 Å². The smallest absolute Gasteiger partial charge is 0.283 e. The van der Waals surface area contributed by atoms with Gasteiger partial charge in [-0.05, 0) is 57.2 Å². The zero-order chi connectivity index (χ0) is 19.6. The van der Waals surface area contributed by atoms with Crippen molar-refractivity contribution in [1.29, 1.82) is 0 Å².